The first-order valence-corrected chi connectivity index (χ1v) is 7.13. The number of hydrogen-bond donors (Lipinski definition) is 3. The Morgan fingerprint density at radius 2 is 1.83 bits per heavy atom. The van der Waals surface area contributed by atoms with Gasteiger partial charge in [-0.1, -0.05) is 30.3 Å². The minimum atomic E-state index is -1.16. The minimum Gasteiger partial charge on any atom is -0.480 e. The van der Waals surface area contributed by atoms with Gasteiger partial charge in [0.05, 0.1) is 13.2 Å². The molecule has 0 aliphatic carbocycles. The van der Waals surface area contributed by atoms with Gasteiger partial charge in [-0.15, -0.1) is 0 Å². The topological polar surface area (TPSA) is 114 Å². The number of nitrogens with one attached hydrogen (secondary N) is 2. The van der Waals surface area contributed by atoms with Crippen LogP contribution in [0, 0.1) is 0 Å². The normalized spacial score (nSPS) is 11.2. The number of rotatable bonds is 8. The lowest BCUT2D eigenvalue weighted by atomic mass is 10.1. The second kappa shape index (κ2) is 10.0. The average Bonchev–Trinajstić information content (AvgIpc) is 2.52. The van der Waals surface area contributed by atoms with Crippen molar-refractivity contribution in [3.63, 3.8) is 0 Å². The van der Waals surface area contributed by atoms with E-state index in [1.54, 1.807) is 31.2 Å². The van der Waals surface area contributed by atoms with Crippen molar-refractivity contribution >= 4 is 18.2 Å². The molecule has 0 saturated carbocycles. The number of amides is 2. The molecule has 0 bridgehead atoms. The summed E-state index contributed by atoms with van der Waals surface area (Å²) < 4.78 is 9.43. The van der Waals surface area contributed by atoms with Crippen molar-refractivity contribution in [2.75, 3.05) is 19.8 Å². The first-order chi connectivity index (χ1) is 11.0. The van der Waals surface area contributed by atoms with Crippen molar-refractivity contribution in [1.82, 2.24) is 10.6 Å². The number of benzene rings is 1. The maximum absolute atomic E-state index is 11.6. The zero-order valence-electron chi connectivity index (χ0n) is 12.8. The summed E-state index contributed by atoms with van der Waals surface area (Å²) in [6.45, 7) is 1.89. The number of alkyl carbamates (subject to hydrolysis) is 2. The minimum absolute atomic E-state index is 0.0721. The molecule has 1 aromatic carbocycles. The summed E-state index contributed by atoms with van der Waals surface area (Å²) in [6, 6.07) is 7.83. The molecule has 2 amide bonds. The lowest BCUT2D eigenvalue weighted by molar-refractivity contribution is -0.139. The largest absolute Gasteiger partial charge is 0.480 e. The van der Waals surface area contributed by atoms with E-state index in [4.69, 9.17) is 9.84 Å². The summed E-state index contributed by atoms with van der Waals surface area (Å²) in [5, 5.41) is 13.8. The van der Waals surface area contributed by atoms with Gasteiger partial charge in [0.25, 0.3) is 0 Å². The van der Waals surface area contributed by atoms with Gasteiger partial charge in [-0.05, 0) is 12.5 Å². The van der Waals surface area contributed by atoms with Crippen LogP contribution >= 0.6 is 0 Å². The van der Waals surface area contributed by atoms with Crippen LogP contribution in [0.2, 0.25) is 0 Å². The Labute approximate surface area is 133 Å². The van der Waals surface area contributed by atoms with Crippen molar-refractivity contribution in [2.24, 2.45) is 0 Å². The van der Waals surface area contributed by atoms with Crippen LogP contribution in [0.5, 0.6) is 0 Å². The molecular weight excluding hydrogens is 304 g/mol. The third-order valence-electron chi connectivity index (χ3n) is 2.75. The van der Waals surface area contributed by atoms with Gasteiger partial charge >= 0.3 is 18.2 Å². The molecule has 0 saturated heterocycles. The van der Waals surface area contributed by atoms with E-state index in [1.807, 2.05) is 6.07 Å². The number of aliphatic carboxylic acids is 1. The monoisotopic (exact) mass is 324 g/mol. The first kappa shape index (κ1) is 18.3. The molecule has 0 aromatic heterocycles. The molecule has 8 heteroatoms. The standard InChI is InChI=1S/C15H20N2O6/c1-2-22-14(20)16-8-9-23-15(21)17-12(13(18)19)10-11-6-4-3-5-7-11/h3-7,12H,2,8-10H2,1H3,(H,16,20)(H,17,21)(H,18,19)/t12-/m0/s1. The lowest BCUT2D eigenvalue weighted by Gasteiger charge is -2.14. The fourth-order valence-corrected chi connectivity index (χ4v) is 1.71. The second-order valence-electron chi connectivity index (χ2n) is 4.51. The van der Waals surface area contributed by atoms with E-state index in [9.17, 15) is 14.4 Å². The molecule has 0 heterocycles. The summed E-state index contributed by atoms with van der Waals surface area (Å²) >= 11 is 0. The number of carbonyl (C=O) groups is 3. The first-order valence-electron chi connectivity index (χ1n) is 7.13. The summed E-state index contributed by atoms with van der Waals surface area (Å²) in [4.78, 5) is 33.8. The third kappa shape index (κ3) is 7.70. The van der Waals surface area contributed by atoms with Gasteiger partial charge in [0.1, 0.15) is 12.6 Å². The molecule has 0 spiro atoms. The highest BCUT2D eigenvalue weighted by atomic mass is 16.6. The quantitative estimate of drug-likeness (QED) is 0.618. The molecule has 1 rings (SSSR count). The summed E-state index contributed by atoms with van der Waals surface area (Å²) in [5.41, 5.74) is 0.782. The SMILES string of the molecule is CCOC(=O)NCCOC(=O)N[C@@H](Cc1ccccc1)C(=O)O. The molecular formula is C15H20N2O6. The van der Waals surface area contributed by atoms with Gasteiger partial charge in [-0.3, -0.25) is 0 Å². The molecule has 0 aliphatic heterocycles. The Morgan fingerprint density at radius 3 is 2.43 bits per heavy atom. The Balaban J connectivity index is 2.34. The van der Waals surface area contributed by atoms with Gasteiger partial charge in [0, 0.05) is 6.42 Å². The Morgan fingerprint density at radius 1 is 1.13 bits per heavy atom. The fourth-order valence-electron chi connectivity index (χ4n) is 1.71. The Hall–Kier alpha value is -2.77. The highest BCUT2D eigenvalue weighted by Gasteiger charge is 2.21. The van der Waals surface area contributed by atoms with Gasteiger partial charge < -0.3 is 25.2 Å². The van der Waals surface area contributed by atoms with E-state index in [0.717, 1.165) is 5.56 Å². The van der Waals surface area contributed by atoms with E-state index >= 15 is 0 Å². The van der Waals surface area contributed by atoms with Crippen molar-refractivity contribution < 1.29 is 29.0 Å². The van der Waals surface area contributed by atoms with Crippen LogP contribution in [0.4, 0.5) is 9.59 Å². The molecule has 3 N–H and O–H groups in total. The number of ether oxygens (including phenoxy) is 2. The van der Waals surface area contributed by atoms with Crippen LogP contribution in [0.25, 0.3) is 0 Å². The van der Waals surface area contributed by atoms with Gasteiger partial charge in [-0.25, -0.2) is 14.4 Å². The van der Waals surface area contributed by atoms with Crippen LogP contribution in [0.3, 0.4) is 0 Å². The van der Waals surface area contributed by atoms with E-state index in [2.05, 4.69) is 15.4 Å². The molecule has 8 nitrogen and oxygen atoms in total. The fraction of sp³-hybridized carbons (Fsp3) is 0.400. The van der Waals surface area contributed by atoms with Crippen LogP contribution in [-0.4, -0.2) is 49.1 Å². The highest BCUT2D eigenvalue weighted by molar-refractivity contribution is 5.80. The van der Waals surface area contributed by atoms with Gasteiger partial charge in [0.15, 0.2) is 0 Å². The van der Waals surface area contributed by atoms with Crippen molar-refractivity contribution in [2.45, 2.75) is 19.4 Å². The summed E-state index contributed by atoms with van der Waals surface area (Å²) in [7, 11) is 0. The molecule has 0 aliphatic rings. The lowest BCUT2D eigenvalue weighted by Crippen LogP contribution is -2.43. The number of hydrogen-bond acceptors (Lipinski definition) is 5. The van der Waals surface area contributed by atoms with Crippen molar-refractivity contribution in [3.05, 3.63) is 35.9 Å². The highest BCUT2D eigenvalue weighted by Crippen LogP contribution is 2.03. The zero-order chi connectivity index (χ0) is 17.1. The van der Waals surface area contributed by atoms with Gasteiger partial charge in [0.2, 0.25) is 0 Å². The van der Waals surface area contributed by atoms with Gasteiger partial charge in [-0.2, -0.15) is 0 Å². The van der Waals surface area contributed by atoms with E-state index in [1.165, 1.54) is 0 Å². The number of carboxylic acids is 1. The maximum atomic E-state index is 11.6. The van der Waals surface area contributed by atoms with Crippen LogP contribution in [-0.2, 0) is 20.7 Å². The second-order valence-corrected chi connectivity index (χ2v) is 4.51. The van der Waals surface area contributed by atoms with Crippen molar-refractivity contribution in [3.8, 4) is 0 Å². The summed E-state index contributed by atoms with van der Waals surface area (Å²) in [6.07, 6.45) is -1.32. The molecule has 1 aromatic rings. The smallest absolute Gasteiger partial charge is 0.407 e. The molecule has 0 unspecified atom stereocenters. The molecule has 126 valence electrons. The zero-order valence-corrected chi connectivity index (χ0v) is 12.8. The number of carboxylic acid groups (broad SMARTS) is 1. The van der Waals surface area contributed by atoms with E-state index < -0.39 is 24.2 Å². The van der Waals surface area contributed by atoms with Crippen LogP contribution in [0.15, 0.2) is 30.3 Å². The molecule has 0 fully saturated rings. The summed E-state index contributed by atoms with van der Waals surface area (Å²) in [5.74, 6) is -1.16. The number of carbonyl (C=O) groups excluding carboxylic acids is 2. The average molecular weight is 324 g/mol. The van der Waals surface area contributed by atoms with Crippen LogP contribution in [0.1, 0.15) is 12.5 Å². The van der Waals surface area contributed by atoms with E-state index in [0.29, 0.717) is 0 Å². The van der Waals surface area contributed by atoms with Crippen LogP contribution < -0.4 is 10.6 Å². The molecule has 23 heavy (non-hydrogen) atoms. The maximum Gasteiger partial charge on any atom is 0.407 e. The third-order valence-corrected chi connectivity index (χ3v) is 2.75. The predicted molar refractivity (Wildman–Crippen MR) is 81.1 cm³/mol. The molecule has 1 atom stereocenters. The molecule has 0 radical (unpaired) electrons. The van der Waals surface area contributed by atoms with E-state index in [-0.39, 0.29) is 26.2 Å². The Kier molecular flexibility index (Phi) is 7.98. The Bertz CT molecular complexity index is 520. The van der Waals surface area contributed by atoms with Crippen molar-refractivity contribution in [1.29, 1.82) is 0 Å². The predicted octanol–water partition coefficient (Wildman–Crippen LogP) is 1.15.